The van der Waals surface area contributed by atoms with E-state index >= 15 is 0 Å². The molecule has 1 spiro atoms. The van der Waals surface area contributed by atoms with Crippen LogP contribution in [0.4, 0.5) is 0 Å². The van der Waals surface area contributed by atoms with Gasteiger partial charge in [0.05, 0.1) is 5.41 Å². The molecule has 2 aromatic carbocycles. The fourth-order valence-electron chi connectivity index (χ4n) is 4.00. The first-order chi connectivity index (χ1) is 11.2. The van der Waals surface area contributed by atoms with E-state index in [4.69, 9.17) is 0 Å². The summed E-state index contributed by atoms with van der Waals surface area (Å²) in [5.74, 6) is 0.0649. The van der Waals surface area contributed by atoms with Crippen molar-refractivity contribution in [2.75, 3.05) is 0 Å². The number of allylic oxidation sites excluding steroid dienone is 2. The monoisotopic (exact) mass is 302 g/mol. The lowest BCUT2D eigenvalue weighted by atomic mass is 9.79. The van der Waals surface area contributed by atoms with Crippen LogP contribution in [0.1, 0.15) is 36.8 Å². The van der Waals surface area contributed by atoms with Gasteiger partial charge in [0.2, 0.25) is 0 Å². The molecule has 114 valence electrons. The van der Waals surface area contributed by atoms with E-state index < -0.39 is 5.41 Å². The van der Waals surface area contributed by atoms with Crippen molar-refractivity contribution in [3.8, 4) is 0 Å². The van der Waals surface area contributed by atoms with Gasteiger partial charge >= 0.3 is 0 Å². The van der Waals surface area contributed by atoms with Crippen molar-refractivity contribution in [2.24, 2.45) is 5.41 Å². The molecular weight excluding hydrogens is 284 g/mol. The molecule has 1 saturated carbocycles. The van der Waals surface area contributed by atoms with Gasteiger partial charge in [-0.05, 0) is 24.0 Å². The van der Waals surface area contributed by atoms with Crippen molar-refractivity contribution < 1.29 is 9.59 Å². The Labute approximate surface area is 135 Å². The van der Waals surface area contributed by atoms with E-state index in [9.17, 15) is 9.59 Å². The van der Waals surface area contributed by atoms with Crippen molar-refractivity contribution in [1.29, 1.82) is 0 Å². The number of benzene rings is 2. The molecule has 0 heterocycles. The quantitative estimate of drug-likeness (QED) is 0.775. The third-order valence-electron chi connectivity index (χ3n) is 5.16. The highest BCUT2D eigenvalue weighted by Gasteiger charge is 2.55. The van der Waals surface area contributed by atoms with Gasteiger partial charge < -0.3 is 0 Å². The zero-order valence-electron chi connectivity index (χ0n) is 12.9. The summed E-state index contributed by atoms with van der Waals surface area (Å²) in [6.45, 7) is 0. The van der Waals surface area contributed by atoms with Gasteiger partial charge in [0.15, 0.2) is 11.6 Å². The summed E-state index contributed by atoms with van der Waals surface area (Å²) in [6, 6.07) is 19.2. The van der Waals surface area contributed by atoms with Crippen LogP contribution in [0.3, 0.4) is 0 Å². The van der Waals surface area contributed by atoms with Crippen LogP contribution >= 0.6 is 0 Å². The van der Waals surface area contributed by atoms with Gasteiger partial charge in [0.25, 0.3) is 0 Å². The minimum atomic E-state index is -0.795. The average Bonchev–Trinajstić information content (AvgIpc) is 3.18. The molecule has 0 unspecified atom stereocenters. The third-order valence-corrected chi connectivity index (χ3v) is 5.16. The van der Waals surface area contributed by atoms with E-state index in [-0.39, 0.29) is 11.6 Å². The molecule has 0 aromatic heterocycles. The first-order valence-electron chi connectivity index (χ1n) is 8.19. The summed E-state index contributed by atoms with van der Waals surface area (Å²) < 4.78 is 0. The Balaban J connectivity index is 1.96. The van der Waals surface area contributed by atoms with E-state index in [1.165, 1.54) is 0 Å². The molecule has 0 N–H and O–H groups in total. The van der Waals surface area contributed by atoms with Crippen LogP contribution in [0.2, 0.25) is 0 Å². The van der Waals surface area contributed by atoms with Crippen LogP contribution in [0.5, 0.6) is 0 Å². The van der Waals surface area contributed by atoms with Gasteiger partial charge in [0, 0.05) is 11.1 Å². The molecule has 4 rings (SSSR count). The molecule has 2 nitrogen and oxygen atoms in total. The summed E-state index contributed by atoms with van der Waals surface area (Å²) in [4.78, 5) is 26.5. The van der Waals surface area contributed by atoms with Crippen molar-refractivity contribution in [3.05, 3.63) is 71.8 Å². The van der Waals surface area contributed by atoms with Gasteiger partial charge in [-0.1, -0.05) is 73.5 Å². The van der Waals surface area contributed by atoms with Gasteiger partial charge in [-0.15, -0.1) is 0 Å². The number of ketones is 2. The minimum absolute atomic E-state index is 0.0325. The highest BCUT2D eigenvalue weighted by atomic mass is 16.2. The highest BCUT2D eigenvalue weighted by molar-refractivity contribution is 6.54. The third kappa shape index (κ3) is 2.02. The van der Waals surface area contributed by atoms with Gasteiger partial charge in [-0.3, -0.25) is 9.59 Å². The Bertz CT molecular complexity index is 731. The molecule has 2 aliphatic rings. The average molecular weight is 302 g/mol. The smallest absolute Gasteiger partial charge is 0.178 e. The van der Waals surface area contributed by atoms with Crippen molar-refractivity contribution in [2.45, 2.75) is 25.7 Å². The van der Waals surface area contributed by atoms with E-state index in [0.29, 0.717) is 24.0 Å². The van der Waals surface area contributed by atoms with E-state index in [1.807, 2.05) is 60.7 Å². The molecular formula is C21H18O2. The summed E-state index contributed by atoms with van der Waals surface area (Å²) in [5, 5.41) is 0. The number of carbonyl (C=O) groups excluding carboxylic acids is 2. The second kappa shape index (κ2) is 5.31. The number of hydrogen-bond acceptors (Lipinski definition) is 2. The molecule has 2 aromatic rings. The molecule has 2 aliphatic carbocycles. The molecule has 0 aliphatic heterocycles. The Morgan fingerprint density at radius 2 is 1.00 bits per heavy atom. The number of hydrogen-bond donors (Lipinski definition) is 0. The van der Waals surface area contributed by atoms with E-state index in [0.717, 1.165) is 24.0 Å². The fraction of sp³-hybridized carbons (Fsp3) is 0.238. The maximum Gasteiger partial charge on any atom is 0.178 e. The first kappa shape index (κ1) is 14.1. The SMILES string of the molecule is O=C1C(c2ccccc2)=C(c2ccccc2)C(=O)C12CCCC2. The predicted octanol–water partition coefficient (Wildman–Crippen LogP) is 4.31. The highest BCUT2D eigenvalue weighted by Crippen LogP contribution is 2.52. The van der Waals surface area contributed by atoms with Crippen LogP contribution < -0.4 is 0 Å². The topological polar surface area (TPSA) is 34.1 Å². The summed E-state index contributed by atoms with van der Waals surface area (Å²) in [6.07, 6.45) is 3.30. The van der Waals surface area contributed by atoms with Crippen LogP contribution in [0.25, 0.3) is 11.1 Å². The maximum absolute atomic E-state index is 13.2. The molecule has 0 amide bonds. The lowest BCUT2D eigenvalue weighted by molar-refractivity contribution is -0.132. The lowest BCUT2D eigenvalue weighted by Gasteiger charge is -2.19. The summed E-state index contributed by atoms with van der Waals surface area (Å²) in [7, 11) is 0. The zero-order valence-corrected chi connectivity index (χ0v) is 12.9. The Morgan fingerprint density at radius 3 is 1.39 bits per heavy atom. The van der Waals surface area contributed by atoms with Crippen molar-refractivity contribution in [1.82, 2.24) is 0 Å². The fourth-order valence-corrected chi connectivity index (χ4v) is 4.00. The Morgan fingerprint density at radius 1 is 0.609 bits per heavy atom. The van der Waals surface area contributed by atoms with Gasteiger partial charge in [-0.25, -0.2) is 0 Å². The van der Waals surface area contributed by atoms with Crippen LogP contribution in [0.15, 0.2) is 60.7 Å². The summed E-state index contributed by atoms with van der Waals surface area (Å²) in [5.41, 5.74) is 2.14. The van der Waals surface area contributed by atoms with Gasteiger partial charge in [-0.2, -0.15) is 0 Å². The molecule has 0 atom stereocenters. The molecule has 0 saturated heterocycles. The second-order valence-corrected chi connectivity index (χ2v) is 6.43. The lowest BCUT2D eigenvalue weighted by Crippen LogP contribution is -2.31. The Hall–Kier alpha value is -2.48. The molecule has 23 heavy (non-hydrogen) atoms. The number of rotatable bonds is 2. The van der Waals surface area contributed by atoms with Crippen LogP contribution in [0, 0.1) is 5.41 Å². The molecule has 0 radical (unpaired) electrons. The molecule has 0 bridgehead atoms. The van der Waals surface area contributed by atoms with Gasteiger partial charge in [0.1, 0.15) is 0 Å². The van der Waals surface area contributed by atoms with Crippen molar-refractivity contribution >= 4 is 22.7 Å². The zero-order chi connectivity index (χ0) is 15.9. The Kier molecular flexibility index (Phi) is 3.26. The number of Topliss-reactive ketones (excluding diaryl/α,β-unsaturated/α-hetero) is 2. The number of carbonyl (C=O) groups is 2. The minimum Gasteiger partial charge on any atom is -0.293 e. The normalized spacial score (nSPS) is 19.8. The van der Waals surface area contributed by atoms with E-state index in [2.05, 4.69) is 0 Å². The maximum atomic E-state index is 13.2. The first-order valence-corrected chi connectivity index (χ1v) is 8.19. The van der Waals surface area contributed by atoms with Crippen molar-refractivity contribution in [3.63, 3.8) is 0 Å². The van der Waals surface area contributed by atoms with E-state index in [1.54, 1.807) is 0 Å². The summed E-state index contributed by atoms with van der Waals surface area (Å²) >= 11 is 0. The van der Waals surface area contributed by atoms with Crippen LogP contribution in [-0.4, -0.2) is 11.6 Å². The molecule has 1 fully saturated rings. The predicted molar refractivity (Wildman–Crippen MR) is 90.6 cm³/mol. The largest absolute Gasteiger partial charge is 0.293 e. The van der Waals surface area contributed by atoms with Crippen LogP contribution in [-0.2, 0) is 9.59 Å². The second-order valence-electron chi connectivity index (χ2n) is 6.43. The standard InChI is InChI=1S/C21H18O2/c22-19-17(15-9-3-1-4-10-15)18(16-11-5-2-6-12-16)20(23)21(19)13-7-8-14-21/h1-6,9-12H,7-8,13-14H2. The molecule has 2 heteroatoms.